The molecule has 0 saturated heterocycles. The Morgan fingerprint density at radius 2 is 1.78 bits per heavy atom. The van der Waals surface area contributed by atoms with Crippen molar-refractivity contribution in [1.82, 2.24) is 4.90 Å². The van der Waals surface area contributed by atoms with Gasteiger partial charge in [0, 0.05) is 17.3 Å². The highest BCUT2D eigenvalue weighted by Gasteiger charge is 2.09. The third-order valence-electron chi connectivity index (χ3n) is 3.77. The average molecular weight is 331 g/mol. The van der Waals surface area contributed by atoms with E-state index in [4.69, 9.17) is 11.6 Å². The maximum Gasteiger partial charge on any atom is 0.238 e. The smallest absolute Gasteiger partial charge is 0.238 e. The summed E-state index contributed by atoms with van der Waals surface area (Å²) in [6, 6.07) is 14.0. The lowest BCUT2D eigenvalue weighted by atomic mass is 10.1. The van der Waals surface area contributed by atoms with Crippen molar-refractivity contribution < 1.29 is 4.79 Å². The molecule has 0 aliphatic rings. The van der Waals surface area contributed by atoms with Gasteiger partial charge in [0.25, 0.3) is 0 Å². The molecule has 2 aromatic carbocycles. The Balaban J connectivity index is 1.90. The van der Waals surface area contributed by atoms with Crippen molar-refractivity contribution in [3.05, 3.63) is 64.2 Å². The van der Waals surface area contributed by atoms with Gasteiger partial charge in [-0.2, -0.15) is 0 Å². The van der Waals surface area contributed by atoms with Crippen molar-refractivity contribution in [2.75, 3.05) is 18.9 Å². The van der Waals surface area contributed by atoms with Gasteiger partial charge in [-0.15, -0.1) is 0 Å². The van der Waals surface area contributed by atoms with E-state index in [0.717, 1.165) is 24.2 Å². The second-order valence-electron chi connectivity index (χ2n) is 5.85. The van der Waals surface area contributed by atoms with Crippen molar-refractivity contribution in [1.29, 1.82) is 0 Å². The number of carbonyl (C=O) groups is 1. The van der Waals surface area contributed by atoms with Gasteiger partial charge in [0.2, 0.25) is 5.91 Å². The van der Waals surface area contributed by atoms with E-state index >= 15 is 0 Å². The van der Waals surface area contributed by atoms with E-state index in [-0.39, 0.29) is 5.91 Å². The van der Waals surface area contributed by atoms with E-state index < -0.39 is 0 Å². The van der Waals surface area contributed by atoms with Gasteiger partial charge in [-0.1, -0.05) is 48.9 Å². The van der Waals surface area contributed by atoms with Crippen molar-refractivity contribution in [2.45, 2.75) is 26.8 Å². The maximum absolute atomic E-state index is 12.2. The molecule has 0 aromatic heterocycles. The van der Waals surface area contributed by atoms with Gasteiger partial charge in [-0.05, 0) is 49.2 Å². The van der Waals surface area contributed by atoms with Crippen LogP contribution in [-0.4, -0.2) is 24.4 Å². The second-order valence-corrected chi connectivity index (χ2v) is 6.29. The summed E-state index contributed by atoms with van der Waals surface area (Å²) < 4.78 is 0. The van der Waals surface area contributed by atoms with Crippen LogP contribution in [0.4, 0.5) is 5.69 Å². The number of hydrogen-bond acceptors (Lipinski definition) is 2. The molecule has 0 radical (unpaired) electrons. The topological polar surface area (TPSA) is 32.3 Å². The Labute approximate surface area is 143 Å². The second kappa shape index (κ2) is 8.14. The van der Waals surface area contributed by atoms with Crippen LogP contribution in [0.3, 0.4) is 0 Å². The van der Waals surface area contributed by atoms with E-state index in [2.05, 4.69) is 36.5 Å². The van der Waals surface area contributed by atoms with Crippen LogP contribution in [0.15, 0.2) is 42.5 Å². The van der Waals surface area contributed by atoms with Crippen LogP contribution in [0.25, 0.3) is 0 Å². The summed E-state index contributed by atoms with van der Waals surface area (Å²) in [6.07, 6.45) is 1.04. The standard InChI is InChI=1S/C19H23ClN2O/c1-4-15-6-8-16(9-7-15)12-22(3)13-19(23)21-18-11-17(20)10-5-14(18)2/h5-11H,4,12-13H2,1-3H3,(H,21,23). The number of benzene rings is 2. The summed E-state index contributed by atoms with van der Waals surface area (Å²) in [5, 5.41) is 3.54. The molecule has 23 heavy (non-hydrogen) atoms. The molecule has 2 rings (SSSR count). The van der Waals surface area contributed by atoms with Gasteiger partial charge in [0.1, 0.15) is 0 Å². The molecule has 3 nitrogen and oxygen atoms in total. The zero-order valence-corrected chi connectivity index (χ0v) is 14.7. The van der Waals surface area contributed by atoms with Gasteiger partial charge in [-0.3, -0.25) is 9.69 Å². The number of anilines is 1. The van der Waals surface area contributed by atoms with Crippen LogP contribution >= 0.6 is 11.6 Å². The molecule has 0 fully saturated rings. The molecule has 122 valence electrons. The number of aryl methyl sites for hydroxylation is 2. The first-order chi connectivity index (χ1) is 11.0. The van der Waals surface area contributed by atoms with Crippen molar-refractivity contribution in [2.24, 2.45) is 0 Å². The number of hydrogen-bond donors (Lipinski definition) is 1. The lowest BCUT2D eigenvalue weighted by Gasteiger charge is -2.17. The Morgan fingerprint density at radius 3 is 2.43 bits per heavy atom. The van der Waals surface area contributed by atoms with E-state index in [0.29, 0.717) is 11.6 Å². The molecule has 0 saturated carbocycles. The van der Waals surface area contributed by atoms with E-state index in [1.54, 1.807) is 6.07 Å². The Hall–Kier alpha value is -1.84. The fraction of sp³-hybridized carbons (Fsp3) is 0.316. The molecular weight excluding hydrogens is 308 g/mol. The number of nitrogens with one attached hydrogen (secondary N) is 1. The maximum atomic E-state index is 12.2. The van der Waals surface area contributed by atoms with Crippen LogP contribution in [0, 0.1) is 6.92 Å². The molecular formula is C19H23ClN2O. The summed E-state index contributed by atoms with van der Waals surface area (Å²) in [6.45, 7) is 5.17. The predicted molar refractivity (Wildman–Crippen MR) is 97.0 cm³/mol. The van der Waals surface area contributed by atoms with E-state index in [1.165, 1.54) is 11.1 Å². The summed E-state index contributed by atoms with van der Waals surface area (Å²) in [5.41, 5.74) is 4.30. The molecule has 0 heterocycles. The lowest BCUT2D eigenvalue weighted by Crippen LogP contribution is -2.30. The molecule has 0 aliphatic carbocycles. The van der Waals surface area contributed by atoms with Gasteiger partial charge in [0.15, 0.2) is 0 Å². The summed E-state index contributed by atoms with van der Waals surface area (Å²) in [5.74, 6) is -0.0388. The Kier molecular flexibility index (Phi) is 6.20. The number of likely N-dealkylation sites (N-methyl/N-ethyl adjacent to an activating group) is 1. The number of nitrogens with zero attached hydrogens (tertiary/aromatic N) is 1. The van der Waals surface area contributed by atoms with Crippen LogP contribution in [-0.2, 0) is 17.8 Å². The average Bonchev–Trinajstić information content (AvgIpc) is 2.51. The number of halogens is 1. The Morgan fingerprint density at radius 1 is 1.13 bits per heavy atom. The number of amides is 1. The normalized spacial score (nSPS) is 10.8. The first-order valence-corrected chi connectivity index (χ1v) is 8.18. The quantitative estimate of drug-likeness (QED) is 0.857. The minimum Gasteiger partial charge on any atom is -0.325 e. The van der Waals surface area contributed by atoms with Gasteiger partial charge in [0.05, 0.1) is 6.54 Å². The fourth-order valence-electron chi connectivity index (χ4n) is 2.41. The summed E-state index contributed by atoms with van der Waals surface area (Å²) in [4.78, 5) is 14.2. The monoisotopic (exact) mass is 330 g/mol. The fourth-order valence-corrected chi connectivity index (χ4v) is 2.58. The summed E-state index contributed by atoms with van der Waals surface area (Å²) >= 11 is 5.98. The van der Waals surface area contributed by atoms with Crippen LogP contribution in [0.1, 0.15) is 23.6 Å². The molecule has 1 amide bonds. The molecule has 0 atom stereocenters. The third kappa shape index (κ3) is 5.38. The highest BCUT2D eigenvalue weighted by molar-refractivity contribution is 6.31. The zero-order valence-electron chi connectivity index (χ0n) is 13.9. The van der Waals surface area contributed by atoms with E-state index in [9.17, 15) is 4.79 Å². The van der Waals surface area contributed by atoms with Crippen LogP contribution in [0.2, 0.25) is 5.02 Å². The first kappa shape index (κ1) is 17.5. The first-order valence-electron chi connectivity index (χ1n) is 7.80. The van der Waals surface area contributed by atoms with Crippen molar-refractivity contribution in [3.63, 3.8) is 0 Å². The summed E-state index contributed by atoms with van der Waals surface area (Å²) in [7, 11) is 1.94. The molecule has 0 unspecified atom stereocenters. The largest absolute Gasteiger partial charge is 0.325 e. The SMILES string of the molecule is CCc1ccc(CN(C)CC(=O)Nc2cc(Cl)ccc2C)cc1. The molecule has 0 aliphatic heterocycles. The predicted octanol–water partition coefficient (Wildman–Crippen LogP) is 4.28. The van der Waals surface area contributed by atoms with Gasteiger partial charge >= 0.3 is 0 Å². The molecule has 1 N–H and O–H groups in total. The molecule has 0 bridgehead atoms. The number of carbonyl (C=O) groups excluding carboxylic acids is 1. The van der Waals surface area contributed by atoms with E-state index in [1.807, 2.05) is 31.0 Å². The third-order valence-corrected chi connectivity index (χ3v) is 4.01. The Bertz CT molecular complexity index is 668. The number of rotatable bonds is 6. The highest BCUT2D eigenvalue weighted by Crippen LogP contribution is 2.20. The van der Waals surface area contributed by atoms with Crippen molar-refractivity contribution >= 4 is 23.2 Å². The molecule has 4 heteroatoms. The molecule has 0 spiro atoms. The van der Waals surface area contributed by atoms with Crippen molar-refractivity contribution in [3.8, 4) is 0 Å². The minimum absolute atomic E-state index is 0.0388. The molecule has 2 aromatic rings. The van der Waals surface area contributed by atoms with Gasteiger partial charge < -0.3 is 5.32 Å². The lowest BCUT2D eigenvalue weighted by molar-refractivity contribution is -0.117. The van der Waals surface area contributed by atoms with Crippen LogP contribution in [0.5, 0.6) is 0 Å². The minimum atomic E-state index is -0.0388. The van der Waals surface area contributed by atoms with Gasteiger partial charge in [-0.25, -0.2) is 0 Å². The zero-order chi connectivity index (χ0) is 16.8. The van der Waals surface area contributed by atoms with Crippen LogP contribution < -0.4 is 5.32 Å². The highest BCUT2D eigenvalue weighted by atomic mass is 35.5.